The van der Waals surface area contributed by atoms with Crippen LogP contribution in [0.1, 0.15) is 32.6 Å². The van der Waals surface area contributed by atoms with Gasteiger partial charge in [0, 0.05) is 37.6 Å². The number of hydrogen-bond donors (Lipinski definition) is 1. The van der Waals surface area contributed by atoms with E-state index in [9.17, 15) is 18.4 Å². The molecule has 0 saturated carbocycles. The monoisotopic (exact) mass is 474 g/mol. The summed E-state index contributed by atoms with van der Waals surface area (Å²) in [5, 5.41) is 8.86. The standard InChI is InChI=1S/C14H18FNO2.C12H14FNO2/c1-2-18-14(17)11-6-8-16(9-7-11)13-5-3-4-12(15)10-13;13-10-2-1-3-11(8-10)14-6-4-9(5-7-14)12(15)16/h3-5,10-11H,2,6-9H2,1H3;1-3,8-9H,4-7H2,(H,15,16). The predicted octanol–water partition coefficient (Wildman–Crippen LogP) is 4.73. The number of hydrogen-bond acceptors (Lipinski definition) is 5. The minimum atomic E-state index is -0.723. The Balaban J connectivity index is 0.000000192. The van der Waals surface area contributed by atoms with Gasteiger partial charge in [-0.1, -0.05) is 12.1 Å². The first-order valence-electron chi connectivity index (χ1n) is 11.8. The van der Waals surface area contributed by atoms with Crippen molar-refractivity contribution in [1.29, 1.82) is 0 Å². The second kappa shape index (κ2) is 12.3. The molecule has 6 nitrogen and oxygen atoms in total. The number of ether oxygens (including phenoxy) is 1. The number of carbonyl (C=O) groups excluding carboxylic acids is 1. The fraction of sp³-hybridized carbons (Fsp3) is 0.462. The highest BCUT2D eigenvalue weighted by molar-refractivity contribution is 5.73. The molecule has 2 aromatic rings. The van der Waals surface area contributed by atoms with Crippen molar-refractivity contribution in [3.63, 3.8) is 0 Å². The van der Waals surface area contributed by atoms with E-state index in [1.165, 1.54) is 24.3 Å². The lowest BCUT2D eigenvalue weighted by molar-refractivity contribution is -0.148. The van der Waals surface area contributed by atoms with Crippen LogP contribution in [-0.2, 0) is 14.3 Å². The van der Waals surface area contributed by atoms with E-state index in [-0.39, 0.29) is 29.4 Å². The summed E-state index contributed by atoms with van der Waals surface area (Å²) in [5.41, 5.74) is 1.72. The van der Waals surface area contributed by atoms with E-state index in [2.05, 4.69) is 4.90 Å². The summed E-state index contributed by atoms with van der Waals surface area (Å²) in [6.07, 6.45) is 2.81. The average molecular weight is 475 g/mol. The molecule has 2 aliphatic rings. The molecule has 4 rings (SSSR count). The number of carboxylic acids is 1. The van der Waals surface area contributed by atoms with Crippen LogP contribution in [0.15, 0.2) is 48.5 Å². The second-order valence-electron chi connectivity index (χ2n) is 8.57. The number of rotatable bonds is 5. The smallest absolute Gasteiger partial charge is 0.309 e. The summed E-state index contributed by atoms with van der Waals surface area (Å²) in [6.45, 7) is 5.16. The summed E-state index contributed by atoms with van der Waals surface area (Å²) in [6, 6.07) is 13.0. The molecule has 2 saturated heterocycles. The van der Waals surface area contributed by atoms with Gasteiger partial charge in [0.1, 0.15) is 11.6 Å². The topological polar surface area (TPSA) is 70.1 Å². The van der Waals surface area contributed by atoms with Crippen molar-refractivity contribution in [2.45, 2.75) is 32.6 Å². The van der Waals surface area contributed by atoms with Gasteiger partial charge in [0.25, 0.3) is 0 Å². The quantitative estimate of drug-likeness (QED) is 0.632. The van der Waals surface area contributed by atoms with Crippen molar-refractivity contribution in [2.24, 2.45) is 11.8 Å². The third kappa shape index (κ3) is 7.17. The van der Waals surface area contributed by atoms with E-state index in [0.29, 0.717) is 32.5 Å². The zero-order chi connectivity index (χ0) is 24.5. The Morgan fingerprint density at radius 3 is 1.68 bits per heavy atom. The number of halogens is 2. The first-order valence-corrected chi connectivity index (χ1v) is 11.8. The zero-order valence-electron chi connectivity index (χ0n) is 19.5. The number of carbonyl (C=O) groups is 2. The summed E-state index contributed by atoms with van der Waals surface area (Å²) in [4.78, 5) is 26.5. The summed E-state index contributed by atoms with van der Waals surface area (Å²) in [7, 11) is 0. The second-order valence-corrected chi connectivity index (χ2v) is 8.57. The Kier molecular flexibility index (Phi) is 9.24. The van der Waals surface area contributed by atoms with Crippen LogP contribution in [0.25, 0.3) is 0 Å². The van der Waals surface area contributed by atoms with E-state index in [0.717, 1.165) is 37.3 Å². The number of nitrogens with zero attached hydrogens (tertiary/aromatic N) is 2. The highest BCUT2D eigenvalue weighted by Crippen LogP contribution is 2.25. The van der Waals surface area contributed by atoms with E-state index in [1.54, 1.807) is 12.1 Å². The average Bonchev–Trinajstić information content (AvgIpc) is 2.85. The normalized spacial score (nSPS) is 17.0. The van der Waals surface area contributed by atoms with Crippen LogP contribution in [0, 0.1) is 23.5 Å². The van der Waals surface area contributed by atoms with Crippen LogP contribution in [0.4, 0.5) is 20.2 Å². The van der Waals surface area contributed by atoms with Gasteiger partial charge in [-0.3, -0.25) is 9.59 Å². The largest absolute Gasteiger partial charge is 0.481 e. The van der Waals surface area contributed by atoms with Crippen molar-refractivity contribution < 1.29 is 28.2 Å². The van der Waals surface area contributed by atoms with Crippen LogP contribution in [0.3, 0.4) is 0 Å². The Labute approximate surface area is 199 Å². The molecule has 0 aliphatic carbocycles. The molecule has 0 bridgehead atoms. The maximum atomic E-state index is 13.1. The molecule has 0 unspecified atom stereocenters. The highest BCUT2D eigenvalue weighted by Gasteiger charge is 2.26. The Bertz CT molecular complexity index is 955. The fourth-order valence-corrected chi connectivity index (χ4v) is 4.36. The van der Waals surface area contributed by atoms with Crippen LogP contribution in [0.2, 0.25) is 0 Å². The van der Waals surface area contributed by atoms with E-state index < -0.39 is 5.97 Å². The zero-order valence-corrected chi connectivity index (χ0v) is 19.5. The van der Waals surface area contributed by atoms with Crippen molar-refractivity contribution in [1.82, 2.24) is 0 Å². The fourth-order valence-electron chi connectivity index (χ4n) is 4.36. The Morgan fingerprint density at radius 1 is 0.853 bits per heavy atom. The van der Waals surface area contributed by atoms with Crippen LogP contribution in [0.5, 0.6) is 0 Å². The number of carboxylic acid groups (broad SMARTS) is 1. The minimum Gasteiger partial charge on any atom is -0.481 e. The van der Waals surface area contributed by atoms with E-state index >= 15 is 0 Å². The molecular weight excluding hydrogens is 442 g/mol. The van der Waals surface area contributed by atoms with Gasteiger partial charge in [0.05, 0.1) is 18.4 Å². The van der Waals surface area contributed by atoms with Crippen LogP contribution < -0.4 is 9.80 Å². The summed E-state index contributed by atoms with van der Waals surface area (Å²) >= 11 is 0. The molecule has 0 atom stereocenters. The van der Waals surface area contributed by atoms with Gasteiger partial charge in [0.15, 0.2) is 0 Å². The number of anilines is 2. The molecule has 184 valence electrons. The summed E-state index contributed by atoms with van der Waals surface area (Å²) < 4.78 is 31.2. The van der Waals surface area contributed by atoms with Gasteiger partial charge in [-0.15, -0.1) is 0 Å². The van der Waals surface area contributed by atoms with E-state index in [1.807, 2.05) is 24.0 Å². The maximum absolute atomic E-state index is 13.1. The lowest BCUT2D eigenvalue weighted by Gasteiger charge is -2.32. The number of aliphatic carboxylic acids is 1. The van der Waals surface area contributed by atoms with Crippen LogP contribution in [-0.4, -0.2) is 49.8 Å². The number of piperidine rings is 2. The number of esters is 1. The molecule has 8 heteroatoms. The van der Waals surface area contributed by atoms with Crippen molar-refractivity contribution >= 4 is 23.3 Å². The first-order chi connectivity index (χ1) is 16.4. The van der Waals surface area contributed by atoms with Gasteiger partial charge < -0.3 is 19.6 Å². The van der Waals surface area contributed by atoms with Crippen molar-refractivity contribution in [3.05, 3.63) is 60.2 Å². The minimum absolute atomic E-state index is 0.00485. The molecule has 1 N–H and O–H groups in total. The first kappa shape index (κ1) is 25.5. The Morgan fingerprint density at radius 2 is 1.29 bits per heavy atom. The van der Waals surface area contributed by atoms with Crippen molar-refractivity contribution in [3.8, 4) is 0 Å². The molecule has 2 aromatic carbocycles. The molecular formula is C26H32F2N2O4. The third-order valence-corrected chi connectivity index (χ3v) is 6.31. The third-order valence-electron chi connectivity index (χ3n) is 6.31. The van der Waals surface area contributed by atoms with E-state index in [4.69, 9.17) is 9.84 Å². The predicted molar refractivity (Wildman–Crippen MR) is 127 cm³/mol. The lowest BCUT2D eigenvalue weighted by atomic mass is 9.96. The van der Waals surface area contributed by atoms with Crippen LogP contribution >= 0.6 is 0 Å². The van der Waals surface area contributed by atoms with Gasteiger partial charge in [0.2, 0.25) is 0 Å². The molecule has 34 heavy (non-hydrogen) atoms. The maximum Gasteiger partial charge on any atom is 0.309 e. The molecule has 0 amide bonds. The highest BCUT2D eigenvalue weighted by atomic mass is 19.1. The Hall–Kier alpha value is -3.16. The molecule has 0 radical (unpaired) electrons. The molecule has 2 heterocycles. The van der Waals surface area contributed by atoms with Crippen molar-refractivity contribution in [2.75, 3.05) is 42.6 Å². The molecule has 0 spiro atoms. The van der Waals surface area contributed by atoms with Gasteiger partial charge in [-0.25, -0.2) is 8.78 Å². The lowest BCUT2D eigenvalue weighted by Crippen LogP contribution is -2.37. The van der Waals surface area contributed by atoms with Gasteiger partial charge >= 0.3 is 11.9 Å². The molecule has 0 aromatic heterocycles. The number of benzene rings is 2. The van der Waals surface area contributed by atoms with Gasteiger partial charge in [-0.2, -0.15) is 0 Å². The van der Waals surface area contributed by atoms with Gasteiger partial charge in [-0.05, 0) is 69.0 Å². The summed E-state index contributed by atoms with van der Waals surface area (Å²) in [5.74, 6) is -1.55. The SMILES string of the molecule is CCOC(=O)C1CCN(c2cccc(F)c2)CC1.O=C(O)C1CCN(c2cccc(F)c2)CC1. The molecule has 2 fully saturated rings. The molecule has 2 aliphatic heterocycles.